The van der Waals surface area contributed by atoms with E-state index in [1.807, 2.05) is 0 Å². The first-order valence-corrected chi connectivity index (χ1v) is 9.22. The number of esters is 1. The van der Waals surface area contributed by atoms with Gasteiger partial charge in [-0.15, -0.1) is 0 Å². The molecule has 31 heavy (non-hydrogen) atoms. The molecule has 162 valence electrons. The lowest BCUT2D eigenvalue weighted by Crippen LogP contribution is -2.41. The van der Waals surface area contributed by atoms with Crippen LogP contribution >= 0.6 is 0 Å². The molecule has 1 unspecified atom stereocenters. The number of carbonyl (C=O) groups is 3. The van der Waals surface area contributed by atoms with Crippen molar-refractivity contribution in [2.75, 3.05) is 17.7 Å². The summed E-state index contributed by atoms with van der Waals surface area (Å²) >= 11 is 0. The molecule has 3 amide bonds. The van der Waals surface area contributed by atoms with Crippen LogP contribution < -0.4 is 21.7 Å². The van der Waals surface area contributed by atoms with Gasteiger partial charge >= 0.3 is 12.0 Å². The molecule has 0 fully saturated rings. The molecular formula is C19H20FN7O4. The summed E-state index contributed by atoms with van der Waals surface area (Å²) in [6.07, 6.45) is 0. The highest BCUT2D eigenvalue weighted by Gasteiger charge is 2.53. The third kappa shape index (κ3) is 3.99. The molecule has 0 bridgehead atoms. The van der Waals surface area contributed by atoms with Crippen LogP contribution in [0, 0.1) is 11.2 Å². The van der Waals surface area contributed by atoms with Crippen LogP contribution in [0.3, 0.4) is 0 Å². The Morgan fingerprint density at radius 2 is 2.03 bits per heavy atom. The van der Waals surface area contributed by atoms with Crippen molar-refractivity contribution in [3.05, 3.63) is 47.0 Å². The predicted molar refractivity (Wildman–Crippen MR) is 108 cm³/mol. The smallest absolute Gasteiger partial charge is 0.326 e. The minimum atomic E-state index is -1.74. The summed E-state index contributed by atoms with van der Waals surface area (Å²) in [5.41, 5.74) is 4.52. The Bertz CT molecular complexity index is 1090. The zero-order chi connectivity index (χ0) is 22.8. The highest BCUT2D eigenvalue weighted by molar-refractivity contribution is 6.19. The van der Waals surface area contributed by atoms with Crippen LogP contribution in [-0.4, -0.2) is 40.3 Å². The van der Waals surface area contributed by atoms with Gasteiger partial charge in [0.15, 0.2) is 17.1 Å². The van der Waals surface area contributed by atoms with E-state index in [0.29, 0.717) is 0 Å². The number of ether oxygens (including phenoxy) is 1. The zero-order valence-corrected chi connectivity index (χ0v) is 16.7. The number of rotatable bonds is 5. The lowest BCUT2D eigenvalue weighted by atomic mass is 9.84. The van der Waals surface area contributed by atoms with E-state index in [2.05, 4.69) is 25.9 Å². The van der Waals surface area contributed by atoms with E-state index < -0.39 is 35.0 Å². The monoisotopic (exact) mass is 429 g/mol. The molecule has 1 aliphatic heterocycles. The van der Waals surface area contributed by atoms with E-state index in [-0.39, 0.29) is 41.7 Å². The second-order valence-corrected chi connectivity index (χ2v) is 6.73. The molecule has 0 radical (unpaired) electrons. The minimum absolute atomic E-state index is 0.0384. The van der Waals surface area contributed by atoms with Gasteiger partial charge in [-0.1, -0.05) is 18.2 Å². The molecule has 3 rings (SSSR count). The molecular weight excluding hydrogens is 409 g/mol. The quantitative estimate of drug-likeness (QED) is 0.202. The maximum atomic E-state index is 13.6. The molecule has 6 N–H and O–H groups in total. The highest BCUT2D eigenvalue weighted by Crippen LogP contribution is 2.40. The van der Waals surface area contributed by atoms with Crippen LogP contribution in [0.1, 0.15) is 30.8 Å². The summed E-state index contributed by atoms with van der Waals surface area (Å²) < 4.78 is 18.6. The zero-order valence-electron chi connectivity index (χ0n) is 16.7. The van der Waals surface area contributed by atoms with Gasteiger partial charge in [0, 0.05) is 12.1 Å². The lowest BCUT2D eigenvalue weighted by molar-refractivity contribution is -0.152. The molecule has 1 aromatic carbocycles. The second kappa shape index (κ2) is 8.34. The number of urea groups is 1. The van der Waals surface area contributed by atoms with Crippen LogP contribution in [0.5, 0.6) is 0 Å². The first-order chi connectivity index (χ1) is 14.7. The lowest BCUT2D eigenvalue weighted by Gasteiger charge is -2.20. The van der Waals surface area contributed by atoms with E-state index in [0.717, 1.165) is 0 Å². The second-order valence-electron chi connectivity index (χ2n) is 6.73. The third-order valence-electron chi connectivity index (χ3n) is 4.67. The number of hydrogen-bond acceptors (Lipinski definition) is 8. The summed E-state index contributed by atoms with van der Waals surface area (Å²) in [5.74, 6) is -3.05. The number of carbonyl (C=O) groups excluding carboxylic acids is 3. The fourth-order valence-corrected chi connectivity index (χ4v) is 3.02. The van der Waals surface area contributed by atoms with Gasteiger partial charge in [0.1, 0.15) is 17.5 Å². The Morgan fingerprint density at radius 3 is 2.71 bits per heavy atom. The Labute approximate surface area is 176 Å². The van der Waals surface area contributed by atoms with Crippen LogP contribution in [0.4, 0.5) is 20.8 Å². The Kier molecular flexibility index (Phi) is 5.81. The average molecular weight is 429 g/mol. The molecule has 0 saturated carbocycles. The Morgan fingerprint density at radius 1 is 1.32 bits per heavy atom. The van der Waals surface area contributed by atoms with E-state index in [4.69, 9.17) is 15.9 Å². The van der Waals surface area contributed by atoms with Gasteiger partial charge in [-0.05, 0) is 19.9 Å². The molecule has 0 aliphatic carbocycles. The van der Waals surface area contributed by atoms with Gasteiger partial charge in [0.2, 0.25) is 5.91 Å². The summed E-state index contributed by atoms with van der Waals surface area (Å²) in [6, 6.07) is 5.12. The molecule has 1 aliphatic rings. The third-order valence-corrected chi connectivity index (χ3v) is 4.67. The first-order valence-electron chi connectivity index (χ1n) is 9.22. The Hall–Kier alpha value is -4.09. The first kappa shape index (κ1) is 21.6. The number of hydrogen-bond donors (Lipinski definition) is 5. The van der Waals surface area contributed by atoms with Gasteiger partial charge in [-0.2, -0.15) is 0 Å². The number of amides is 3. The maximum Gasteiger partial charge on any atom is 0.326 e. The molecule has 2 aromatic rings. The highest BCUT2D eigenvalue weighted by atomic mass is 19.1. The van der Waals surface area contributed by atoms with Gasteiger partial charge in [0.25, 0.3) is 0 Å². The van der Waals surface area contributed by atoms with Gasteiger partial charge in [0.05, 0.1) is 12.2 Å². The summed E-state index contributed by atoms with van der Waals surface area (Å²) in [4.78, 5) is 44.8. The number of nitrogen functional groups attached to an aromatic ring is 1. The summed E-state index contributed by atoms with van der Waals surface area (Å²) in [7, 11) is 0. The molecule has 2 heterocycles. The fraction of sp³-hybridized carbons (Fsp3) is 0.263. The summed E-state index contributed by atoms with van der Waals surface area (Å²) in [6.45, 7) is 2.90. The molecule has 1 atom stereocenters. The largest absolute Gasteiger partial charge is 0.465 e. The van der Waals surface area contributed by atoms with Crippen molar-refractivity contribution in [3.63, 3.8) is 0 Å². The fourth-order valence-electron chi connectivity index (χ4n) is 3.02. The van der Waals surface area contributed by atoms with Crippen LogP contribution in [0.2, 0.25) is 0 Å². The molecule has 11 nitrogen and oxygen atoms in total. The predicted octanol–water partition coefficient (Wildman–Crippen LogP) is 0.796. The Balaban J connectivity index is 1.75. The van der Waals surface area contributed by atoms with Crippen LogP contribution in [-0.2, 0) is 26.3 Å². The SMILES string of the molecule is CCOC(=O)C1(C)C(=O)Nc2nc(C(=N)NC(=O)NCc3ccccc3F)nc(N)c21. The van der Waals surface area contributed by atoms with Crippen molar-refractivity contribution in [1.82, 2.24) is 20.6 Å². The van der Waals surface area contributed by atoms with E-state index in [9.17, 15) is 18.8 Å². The number of aromatic nitrogens is 2. The number of halogens is 1. The molecule has 0 spiro atoms. The van der Waals surface area contributed by atoms with Crippen molar-refractivity contribution in [2.45, 2.75) is 25.8 Å². The van der Waals surface area contributed by atoms with Gasteiger partial charge in [-0.25, -0.2) is 19.2 Å². The maximum absolute atomic E-state index is 13.6. The number of nitrogens with two attached hydrogens (primary N) is 1. The average Bonchev–Trinajstić information content (AvgIpc) is 2.99. The number of anilines is 2. The number of nitrogens with zero attached hydrogens (tertiary/aromatic N) is 2. The minimum Gasteiger partial charge on any atom is -0.465 e. The van der Waals surface area contributed by atoms with Crippen molar-refractivity contribution in [2.24, 2.45) is 0 Å². The van der Waals surface area contributed by atoms with E-state index in [1.54, 1.807) is 13.0 Å². The topological polar surface area (TPSA) is 172 Å². The summed E-state index contributed by atoms with van der Waals surface area (Å²) in [5, 5.41) is 15.1. The normalized spacial score (nSPS) is 16.8. The molecule has 1 aromatic heterocycles. The number of benzene rings is 1. The molecule has 0 saturated heterocycles. The van der Waals surface area contributed by atoms with Crippen molar-refractivity contribution in [1.29, 1.82) is 5.41 Å². The number of amidine groups is 1. The van der Waals surface area contributed by atoms with Crippen molar-refractivity contribution < 1.29 is 23.5 Å². The van der Waals surface area contributed by atoms with Gasteiger partial charge < -0.3 is 21.1 Å². The number of nitrogens with one attached hydrogen (secondary N) is 4. The standard InChI is InChI=1S/C19H20FN7O4/c1-3-31-17(29)19(2)11-12(21)24-15(26-14(11)27-16(19)28)13(22)25-18(30)23-8-9-6-4-5-7-10(9)20/h4-7H,3,8H2,1-2H3,(H3,22,23,25,30)(H3,21,24,26,27,28). The van der Waals surface area contributed by atoms with Crippen LogP contribution in [0.15, 0.2) is 24.3 Å². The van der Waals surface area contributed by atoms with Crippen LogP contribution in [0.25, 0.3) is 0 Å². The van der Waals surface area contributed by atoms with E-state index >= 15 is 0 Å². The van der Waals surface area contributed by atoms with Gasteiger partial charge in [-0.3, -0.25) is 20.3 Å². The van der Waals surface area contributed by atoms with Crippen molar-refractivity contribution >= 4 is 35.4 Å². The number of fused-ring (bicyclic) bond motifs is 1. The van der Waals surface area contributed by atoms with Crippen molar-refractivity contribution in [3.8, 4) is 0 Å². The molecule has 12 heteroatoms. The van der Waals surface area contributed by atoms with E-state index in [1.165, 1.54) is 25.1 Å².